The third-order valence-corrected chi connectivity index (χ3v) is 6.18. The van der Waals surface area contributed by atoms with Crippen LogP contribution in [0.5, 0.6) is 0 Å². The molecule has 0 spiro atoms. The fourth-order valence-corrected chi connectivity index (χ4v) is 4.50. The molecule has 2 unspecified atom stereocenters. The SMILES string of the molecule is COCCn1c(=O)n(C2CC2C)c(=O)c2c(C)c(CNCCN)sc21. The summed E-state index contributed by atoms with van der Waals surface area (Å²) in [6, 6.07) is 0.0244. The van der Waals surface area contributed by atoms with Crippen molar-refractivity contribution in [2.24, 2.45) is 11.7 Å². The topological polar surface area (TPSA) is 91.3 Å². The molecule has 2 aromatic rings. The Kier molecular flexibility index (Phi) is 5.43. The average molecular weight is 366 g/mol. The second kappa shape index (κ2) is 7.41. The Morgan fingerprint density at radius 3 is 2.72 bits per heavy atom. The van der Waals surface area contributed by atoms with Gasteiger partial charge in [0.2, 0.25) is 0 Å². The van der Waals surface area contributed by atoms with E-state index in [-0.39, 0.29) is 17.3 Å². The number of nitrogens with two attached hydrogens (primary N) is 1. The molecule has 2 atom stereocenters. The second-order valence-corrected chi connectivity index (χ2v) is 7.76. The molecule has 3 N–H and O–H groups in total. The number of nitrogens with one attached hydrogen (secondary N) is 1. The van der Waals surface area contributed by atoms with Crippen LogP contribution in [-0.4, -0.2) is 35.9 Å². The lowest BCUT2D eigenvalue weighted by Crippen LogP contribution is -2.40. The van der Waals surface area contributed by atoms with E-state index in [9.17, 15) is 9.59 Å². The van der Waals surface area contributed by atoms with Crippen molar-refractivity contribution in [3.05, 3.63) is 31.3 Å². The quantitative estimate of drug-likeness (QED) is 0.675. The molecule has 7 nitrogen and oxygen atoms in total. The maximum Gasteiger partial charge on any atom is 0.332 e. The average Bonchev–Trinajstić information content (AvgIpc) is 3.19. The van der Waals surface area contributed by atoms with Crippen LogP contribution in [0.15, 0.2) is 9.59 Å². The molecule has 138 valence electrons. The number of aryl methyl sites for hydroxylation is 1. The Morgan fingerprint density at radius 2 is 2.12 bits per heavy atom. The minimum absolute atomic E-state index is 0.0244. The Labute approximate surface area is 150 Å². The molecule has 3 rings (SSSR count). The highest BCUT2D eigenvalue weighted by molar-refractivity contribution is 7.18. The minimum Gasteiger partial charge on any atom is -0.383 e. The van der Waals surface area contributed by atoms with Crippen molar-refractivity contribution in [3.63, 3.8) is 0 Å². The van der Waals surface area contributed by atoms with Gasteiger partial charge in [-0.15, -0.1) is 11.3 Å². The van der Waals surface area contributed by atoms with Crippen molar-refractivity contribution in [3.8, 4) is 0 Å². The van der Waals surface area contributed by atoms with Crippen molar-refractivity contribution in [2.75, 3.05) is 26.8 Å². The van der Waals surface area contributed by atoms with Gasteiger partial charge in [0.15, 0.2) is 0 Å². The molecule has 0 amide bonds. The number of thiophene rings is 1. The highest BCUT2D eigenvalue weighted by Gasteiger charge is 2.38. The molecule has 1 fully saturated rings. The molecular weight excluding hydrogens is 340 g/mol. The summed E-state index contributed by atoms with van der Waals surface area (Å²) in [5, 5.41) is 3.94. The van der Waals surface area contributed by atoms with Crippen LogP contribution in [0.2, 0.25) is 0 Å². The number of rotatable bonds is 8. The molecule has 25 heavy (non-hydrogen) atoms. The van der Waals surface area contributed by atoms with Crippen LogP contribution >= 0.6 is 11.3 Å². The van der Waals surface area contributed by atoms with Crippen LogP contribution in [0.1, 0.15) is 29.8 Å². The predicted molar refractivity (Wildman–Crippen MR) is 101 cm³/mol. The third kappa shape index (κ3) is 3.31. The number of ether oxygens (including phenoxy) is 1. The van der Waals surface area contributed by atoms with E-state index in [2.05, 4.69) is 12.2 Å². The molecule has 0 aliphatic heterocycles. The van der Waals surface area contributed by atoms with Crippen LogP contribution in [0.4, 0.5) is 0 Å². The van der Waals surface area contributed by atoms with Crippen molar-refractivity contribution in [1.29, 1.82) is 0 Å². The van der Waals surface area contributed by atoms with Gasteiger partial charge in [0.1, 0.15) is 4.83 Å². The van der Waals surface area contributed by atoms with Gasteiger partial charge in [-0.1, -0.05) is 6.92 Å². The maximum atomic E-state index is 13.1. The van der Waals surface area contributed by atoms with Gasteiger partial charge in [-0.05, 0) is 24.8 Å². The highest BCUT2D eigenvalue weighted by atomic mass is 32.1. The molecule has 1 aliphatic rings. The van der Waals surface area contributed by atoms with E-state index in [4.69, 9.17) is 10.5 Å². The zero-order valence-electron chi connectivity index (χ0n) is 15.0. The Morgan fingerprint density at radius 1 is 1.40 bits per heavy atom. The summed E-state index contributed by atoms with van der Waals surface area (Å²) in [6.45, 7) is 6.85. The Hall–Kier alpha value is -1.48. The summed E-state index contributed by atoms with van der Waals surface area (Å²) in [5.41, 5.74) is 6.12. The first kappa shape index (κ1) is 18.3. The molecule has 1 saturated carbocycles. The molecular formula is C17H26N4O3S. The molecule has 1 aliphatic carbocycles. The Balaban J connectivity index is 2.17. The molecule has 0 radical (unpaired) electrons. The van der Waals surface area contributed by atoms with E-state index in [0.29, 0.717) is 44.1 Å². The molecule has 2 heterocycles. The lowest BCUT2D eigenvalue weighted by Gasteiger charge is -2.11. The van der Waals surface area contributed by atoms with Gasteiger partial charge in [-0.25, -0.2) is 4.79 Å². The predicted octanol–water partition coefficient (Wildman–Crippen LogP) is 0.809. The first-order valence-electron chi connectivity index (χ1n) is 8.68. The van der Waals surface area contributed by atoms with Crippen LogP contribution in [-0.2, 0) is 17.8 Å². The van der Waals surface area contributed by atoms with Crippen molar-refractivity contribution in [2.45, 2.75) is 39.4 Å². The normalized spacial score (nSPS) is 19.7. The summed E-state index contributed by atoms with van der Waals surface area (Å²) in [4.78, 5) is 27.8. The van der Waals surface area contributed by atoms with E-state index in [0.717, 1.165) is 21.7 Å². The van der Waals surface area contributed by atoms with Crippen molar-refractivity contribution >= 4 is 21.6 Å². The zero-order valence-corrected chi connectivity index (χ0v) is 15.8. The van der Waals surface area contributed by atoms with Crippen LogP contribution in [0, 0.1) is 12.8 Å². The molecule has 0 bridgehead atoms. The van der Waals surface area contributed by atoms with Gasteiger partial charge in [0, 0.05) is 37.7 Å². The second-order valence-electron chi connectivity index (χ2n) is 6.68. The van der Waals surface area contributed by atoms with E-state index in [1.807, 2.05) is 6.92 Å². The highest BCUT2D eigenvalue weighted by Crippen LogP contribution is 2.41. The standard InChI is InChI=1S/C17H26N4O3S/c1-10-8-12(10)21-15(22)14-11(2)13(9-19-5-4-18)25-16(14)20(17(21)23)6-7-24-3/h10,12,19H,4-9,18H2,1-3H3. The summed E-state index contributed by atoms with van der Waals surface area (Å²) in [7, 11) is 1.61. The number of nitrogens with zero attached hydrogens (tertiary/aromatic N) is 2. The largest absolute Gasteiger partial charge is 0.383 e. The van der Waals surface area contributed by atoms with Crippen molar-refractivity contribution < 1.29 is 4.74 Å². The number of methoxy groups -OCH3 is 1. The van der Waals surface area contributed by atoms with Crippen LogP contribution < -0.4 is 22.3 Å². The fourth-order valence-electron chi connectivity index (χ4n) is 3.22. The first-order valence-corrected chi connectivity index (χ1v) is 9.49. The molecule has 8 heteroatoms. The van der Waals surface area contributed by atoms with Gasteiger partial charge in [0.25, 0.3) is 5.56 Å². The smallest absolute Gasteiger partial charge is 0.332 e. The number of hydrogen-bond donors (Lipinski definition) is 2. The van der Waals surface area contributed by atoms with Crippen LogP contribution in [0.3, 0.4) is 0 Å². The van der Waals surface area contributed by atoms with Gasteiger partial charge in [0.05, 0.1) is 18.5 Å². The summed E-state index contributed by atoms with van der Waals surface area (Å²) >= 11 is 1.51. The Bertz CT molecular complexity index is 883. The van der Waals surface area contributed by atoms with E-state index in [1.165, 1.54) is 15.9 Å². The maximum absolute atomic E-state index is 13.1. The monoisotopic (exact) mass is 366 g/mol. The van der Waals surface area contributed by atoms with E-state index < -0.39 is 0 Å². The summed E-state index contributed by atoms with van der Waals surface area (Å²) in [6.07, 6.45) is 0.888. The van der Waals surface area contributed by atoms with Gasteiger partial charge < -0.3 is 15.8 Å². The summed E-state index contributed by atoms with van der Waals surface area (Å²) in [5.74, 6) is 0.378. The number of hydrogen-bond acceptors (Lipinski definition) is 6. The van der Waals surface area contributed by atoms with E-state index in [1.54, 1.807) is 11.7 Å². The van der Waals surface area contributed by atoms with Crippen molar-refractivity contribution in [1.82, 2.24) is 14.5 Å². The molecule has 2 aromatic heterocycles. The lowest BCUT2D eigenvalue weighted by molar-refractivity contribution is 0.186. The first-order chi connectivity index (χ1) is 12.0. The number of fused-ring (bicyclic) bond motifs is 1. The molecule has 0 saturated heterocycles. The van der Waals surface area contributed by atoms with Gasteiger partial charge >= 0.3 is 5.69 Å². The minimum atomic E-state index is -0.216. The van der Waals surface area contributed by atoms with E-state index >= 15 is 0 Å². The number of aromatic nitrogens is 2. The van der Waals surface area contributed by atoms with Gasteiger partial charge in [-0.2, -0.15) is 0 Å². The fraction of sp³-hybridized carbons (Fsp3) is 0.647. The van der Waals surface area contributed by atoms with Crippen LogP contribution in [0.25, 0.3) is 10.2 Å². The summed E-state index contributed by atoms with van der Waals surface area (Å²) < 4.78 is 8.33. The zero-order chi connectivity index (χ0) is 18.1. The third-order valence-electron chi connectivity index (χ3n) is 4.87. The van der Waals surface area contributed by atoms with Gasteiger partial charge in [-0.3, -0.25) is 13.9 Å². The molecule has 0 aromatic carbocycles. The lowest BCUT2D eigenvalue weighted by atomic mass is 10.2.